The maximum absolute atomic E-state index is 13.0. The number of hydrogen-bond donors (Lipinski definition) is 6. The zero-order chi connectivity index (χ0) is 38.9. The summed E-state index contributed by atoms with van der Waals surface area (Å²) < 4.78 is 10.5. The molecule has 0 saturated carbocycles. The zero-order valence-electron chi connectivity index (χ0n) is 30.4. The van der Waals surface area contributed by atoms with Crippen LogP contribution in [0.1, 0.15) is 55.4 Å². The molecule has 14 heteroatoms. The van der Waals surface area contributed by atoms with Gasteiger partial charge in [-0.25, -0.2) is 14.4 Å². The molecule has 0 radical (unpaired) electrons. The number of aliphatic hydroxyl groups excluding tert-OH is 1. The van der Waals surface area contributed by atoms with Crippen molar-refractivity contribution in [1.82, 2.24) is 20.9 Å². The standard InChI is InChI=1S/C35H38N4O7.C4H10N2O/c1-5-16-45-35(44)39(4)19-24-17-25(15-14-23(24)20-40)37-31(41)18-36-33(42)32(22(2)3)38-34(43)46-21-30-28-12-8-6-10-26(28)27-11-7-9-13-29(27)30;1-2-3-6-4(5)7/h1,6-15,17,22,30,32,40H,16,18-21H2,2-4H3,(H,36,42)(H,37,41)(H,38,43);2-3H2,1H3,(H3,5,6,7). The zero-order valence-corrected chi connectivity index (χ0v) is 30.4. The molecule has 3 aromatic carbocycles. The van der Waals surface area contributed by atoms with Gasteiger partial charge in [0.25, 0.3) is 0 Å². The number of ether oxygens (including phenoxy) is 2. The normalized spacial score (nSPS) is 11.7. The molecular formula is C39H48N6O8. The summed E-state index contributed by atoms with van der Waals surface area (Å²) in [5, 5.41) is 20.1. The van der Waals surface area contributed by atoms with Crippen LogP contribution in [-0.2, 0) is 32.2 Å². The first-order chi connectivity index (χ1) is 25.4. The Labute approximate surface area is 309 Å². The quantitative estimate of drug-likeness (QED) is 0.133. The second kappa shape index (κ2) is 20.7. The summed E-state index contributed by atoms with van der Waals surface area (Å²) in [6, 6.07) is 19.5. The summed E-state index contributed by atoms with van der Waals surface area (Å²) >= 11 is 0. The molecule has 282 valence electrons. The molecule has 0 spiro atoms. The third-order valence-electron chi connectivity index (χ3n) is 8.20. The number of urea groups is 1. The predicted molar refractivity (Wildman–Crippen MR) is 200 cm³/mol. The Bertz CT molecular complexity index is 1740. The van der Waals surface area contributed by atoms with Gasteiger partial charge in [-0.3, -0.25) is 9.59 Å². The summed E-state index contributed by atoms with van der Waals surface area (Å²) in [6.07, 6.45) is 4.70. The van der Waals surface area contributed by atoms with Crippen LogP contribution in [0.15, 0.2) is 66.7 Å². The SMILES string of the molecule is C#CCOC(=O)N(C)Cc1cc(NC(=O)CNC(=O)C(NC(=O)OCC2c3ccccc3-c3ccccc32)C(C)C)ccc1CO.CCCNC(N)=O. The number of carbonyl (C=O) groups excluding carboxylic acids is 5. The molecule has 6 amide bonds. The first-order valence-corrected chi connectivity index (χ1v) is 17.2. The Morgan fingerprint density at radius 3 is 2.13 bits per heavy atom. The first kappa shape index (κ1) is 41.4. The molecule has 0 fully saturated rings. The van der Waals surface area contributed by atoms with Crippen LogP contribution in [0.2, 0.25) is 0 Å². The molecule has 53 heavy (non-hydrogen) atoms. The van der Waals surface area contributed by atoms with Crippen molar-refractivity contribution >= 4 is 35.7 Å². The van der Waals surface area contributed by atoms with E-state index in [9.17, 15) is 29.1 Å². The van der Waals surface area contributed by atoms with Crippen molar-refractivity contribution in [2.24, 2.45) is 11.7 Å². The van der Waals surface area contributed by atoms with E-state index in [1.54, 1.807) is 32.0 Å². The van der Waals surface area contributed by atoms with Crippen molar-refractivity contribution in [3.05, 3.63) is 89.0 Å². The fourth-order valence-corrected chi connectivity index (χ4v) is 5.57. The molecule has 0 aliphatic heterocycles. The molecule has 0 saturated heterocycles. The maximum atomic E-state index is 13.0. The lowest BCUT2D eigenvalue weighted by Gasteiger charge is -2.22. The van der Waals surface area contributed by atoms with Crippen molar-refractivity contribution in [2.75, 3.05) is 38.7 Å². The summed E-state index contributed by atoms with van der Waals surface area (Å²) in [5.74, 6) is 0.756. The van der Waals surface area contributed by atoms with Crippen LogP contribution in [0, 0.1) is 18.3 Å². The number of nitrogens with zero attached hydrogens (tertiary/aromatic N) is 1. The molecule has 1 aliphatic rings. The van der Waals surface area contributed by atoms with Gasteiger partial charge in [0.05, 0.1) is 13.2 Å². The molecule has 7 N–H and O–H groups in total. The van der Waals surface area contributed by atoms with Crippen LogP contribution in [0.3, 0.4) is 0 Å². The first-order valence-electron chi connectivity index (χ1n) is 17.2. The third-order valence-corrected chi connectivity index (χ3v) is 8.20. The van der Waals surface area contributed by atoms with Crippen LogP contribution in [0.4, 0.5) is 20.1 Å². The Kier molecular flexibility index (Phi) is 16.1. The number of fused-ring (bicyclic) bond motifs is 3. The molecule has 3 aromatic rings. The van der Waals surface area contributed by atoms with Crippen molar-refractivity contribution < 1.29 is 38.6 Å². The average Bonchev–Trinajstić information content (AvgIpc) is 3.46. The van der Waals surface area contributed by atoms with Gasteiger partial charge in [0.15, 0.2) is 6.61 Å². The number of benzene rings is 3. The van der Waals surface area contributed by atoms with Gasteiger partial charge in [0.1, 0.15) is 12.6 Å². The molecule has 0 aromatic heterocycles. The van der Waals surface area contributed by atoms with Crippen molar-refractivity contribution in [2.45, 2.75) is 52.3 Å². The highest BCUT2D eigenvalue weighted by Gasteiger charge is 2.30. The van der Waals surface area contributed by atoms with E-state index in [1.807, 2.05) is 55.5 Å². The molecule has 0 bridgehead atoms. The van der Waals surface area contributed by atoms with Crippen LogP contribution >= 0.6 is 0 Å². The third kappa shape index (κ3) is 12.3. The lowest BCUT2D eigenvalue weighted by Crippen LogP contribution is -2.51. The van der Waals surface area contributed by atoms with Gasteiger partial charge in [-0.1, -0.05) is 81.3 Å². The van der Waals surface area contributed by atoms with Gasteiger partial charge in [0, 0.05) is 31.7 Å². The highest BCUT2D eigenvalue weighted by atomic mass is 16.6. The van der Waals surface area contributed by atoms with Gasteiger partial charge in [-0.2, -0.15) is 0 Å². The van der Waals surface area contributed by atoms with E-state index in [0.29, 0.717) is 23.4 Å². The molecule has 1 unspecified atom stereocenters. The lowest BCUT2D eigenvalue weighted by molar-refractivity contribution is -0.126. The summed E-state index contributed by atoms with van der Waals surface area (Å²) in [4.78, 5) is 61.8. The van der Waals surface area contributed by atoms with Crippen molar-refractivity contribution in [3.8, 4) is 23.5 Å². The highest BCUT2D eigenvalue weighted by molar-refractivity contribution is 5.96. The molecule has 4 rings (SSSR count). The van der Waals surface area contributed by atoms with E-state index < -0.39 is 36.1 Å². The lowest BCUT2D eigenvalue weighted by atomic mass is 9.98. The second-order valence-corrected chi connectivity index (χ2v) is 12.5. The largest absolute Gasteiger partial charge is 0.449 e. The van der Waals surface area contributed by atoms with Crippen molar-refractivity contribution in [3.63, 3.8) is 0 Å². The Morgan fingerprint density at radius 1 is 0.943 bits per heavy atom. The highest BCUT2D eigenvalue weighted by Crippen LogP contribution is 2.44. The van der Waals surface area contributed by atoms with Crippen LogP contribution in [-0.4, -0.2) is 79.4 Å². The predicted octanol–water partition coefficient (Wildman–Crippen LogP) is 4.06. The Morgan fingerprint density at radius 2 is 1.58 bits per heavy atom. The number of nitrogens with two attached hydrogens (primary N) is 1. The Hall–Kier alpha value is -6.07. The van der Waals surface area contributed by atoms with Gasteiger partial charge in [0.2, 0.25) is 11.8 Å². The number of alkyl carbamates (subject to hydrolysis) is 1. The smallest absolute Gasteiger partial charge is 0.410 e. The number of nitrogens with one attached hydrogen (secondary N) is 4. The fourth-order valence-electron chi connectivity index (χ4n) is 5.57. The second-order valence-electron chi connectivity index (χ2n) is 12.5. The number of primary amides is 1. The minimum absolute atomic E-state index is 0.0946. The fraction of sp³-hybridized carbons (Fsp3) is 0.359. The molecule has 1 atom stereocenters. The molecule has 14 nitrogen and oxygen atoms in total. The number of amides is 6. The van der Waals surface area contributed by atoms with E-state index >= 15 is 0 Å². The van der Waals surface area contributed by atoms with Gasteiger partial charge < -0.3 is 46.5 Å². The molecular weight excluding hydrogens is 680 g/mol. The van der Waals surface area contributed by atoms with Crippen LogP contribution in [0.5, 0.6) is 0 Å². The summed E-state index contributed by atoms with van der Waals surface area (Å²) in [6.45, 7) is 5.59. The summed E-state index contributed by atoms with van der Waals surface area (Å²) in [5.41, 5.74) is 10.6. The van der Waals surface area contributed by atoms with E-state index in [4.69, 9.17) is 21.6 Å². The van der Waals surface area contributed by atoms with E-state index in [-0.39, 0.29) is 44.7 Å². The van der Waals surface area contributed by atoms with Gasteiger partial charge >= 0.3 is 18.2 Å². The molecule has 1 aliphatic carbocycles. The monoisotopic (exact) mass is 728 g/mol. The van der Waals surface area contributed by atoms with Crippen LogP contribution < -0.4 is 27.0 Å². The maximum Gasteiger partial charge on any atom is 0.410 e. The van der Waals surface area contributed by atoms with E-state index in [2.05, 4.69) is 27.2 Å². The Balaban J connectivity index is 0.000000980. The number of aliphatic hydroxyl groups is 1. The number of anilines is 1. The molecule has 0 heterocycles. The minimum Gasteiger partial charge on any atom is -0.449 e. The van der Waals surface area contributed by atoms with Crippen LogP contribution in [0.25, 0.3) is 11.1 Å². The van der Waals surface area contributed by atoms with Gasteiger partial charge in [-0.05, 0) is 57.9 Å². The number of carbonyl (C=O) groups is 5. The van der Waals surface area contributed by atoms with Gasteiger partial charge in [-0.15, -0.1) is 6.42 Å². The number of hydrogen-bond acceptors (Lipinski definition) is 8. The van der Waals surface area contributed by atoms with E-state index in [1.165, 1.54) is 11.9 Å². The number of terminal acetylenes is 1. The minimum atomic E-state index is -0.941. The topological polar surface area (TPSA) is 201 Å². The average molecular weight is 729 g/mol. The van der Waals surface area contributed by atoms with Crippen molar-refractivity contribution in [1.29, 1.82) is 0 Å². The number of rotatable bonds is 14. The summed E-state index contributed by atoms with van der Waals surface area (Å²) in [7, 11) is 1.52. The van der Waals surface area contributed by atoms with E-state index in [0.717, 1.165) is 28.7 Å².